The van der Waals surface area contributed by atoms with Gasteiger partial charge in [0.15, 0.2) is 0 Å². The Labute approximate surface area is 165 Å². The summed E-state index contributed by atoms with van der Waals surface area (Å²) in [6.07, 6.45) is 6.20. The van der Waals surface area contributed by atoms with E-state index < -0.39 is 0 Å². The molecule has 28 heavy (non-hydrogen) atoms. The predicted molar refractivity (Wildman–Crippen MR) is 106 cm³/mol. The third-order valence-corrected chi connectivity index (χ3v) is 6.78. The van der Waals surface area contributed by atoms with Crippen LogP contribution in [-0.4, -0.2) is 46.6 Å². The minimum absolute atomic E-state index is 0.000954. The van der Waals surface area contributed by atoms with Crippen molar-refractivity contribution in [2.75, 3.05) is 24.5 Å². The van der Waals surface area contributed by atoms with Crippen LogP contribution in [0.25, 0.3) is 0 Å². The molecular weight excluding hydrogens is 352 g/mol. The van der Waals surface area contributed by atoms with Crippen molar-refractivity contribution >= 4 is 11.9 Å². The first-order valence-corrected chi connectivity index (χ1v) is 10.6. The molecule has 1 saturated carbocycles. The van der Waals surface area contributed by atoms with Gasteiger partial charge in [-0.05, 0) is 48.2 Å². The fraction of sp³-hybridized carbons (Fsp3) is 0.591. The molecule has 3 fully saturated rings. The molecule has 5 rings (SSSR count). The van der Waals surface area contributed by atoms with Crippen LogP contribution >= 0.6 is 0 Å². The lowest BCUT2D eigenvalue weighted by atomic mass is 9.67. The lowest BCUT2D eigenvalue weighted by Crippen LogP contribution is -2.54. The maximum atomic E-state index is 13.2. The van der Waals surface area contributed by atoms with E-state index in [0.29, 0.717) is 17.8 Å². The molecule has 0 N–H and O–H groups in total. The van der Waals surface area contributed by atoms with Crippen LogP contribution in [0.5, 0.6) is 0 Å². The largest absolute Gasteiger partial charge is 0.339 e. The number of hydrogen-bond acceptors (Lipinski definition) is 5. The Balaban J connectivity index is 1.36. The van der Waals surface area contributed by atoms with Gasteiger partial charge in [0.25, 0.3) is 5.95 Å². The van der Waals surface area contributed by atoms with Crippen LogP contribution in [0.4, 0.5) is 5.95 Å². The Morgan fingerprint density at radius 2 is 1.93 bits per heavy atom. The Morgan fingerprint density at radius 1 is 1.18 bits per heavy atom. The van der Waals surface area contributed by atoms with Gasteiger partial charge >= 0.3 is 0 Å². The fourth-order valence-corrected chi connectivity index (χ4v) is 4.93. The van der Waals surface area contributed by atoms with E-state index in [0.717, 1.165) is 64.1 Å². The molecule has 6 nitrogen and oxygen atoms in total. The van der Waals surface area contributed by atoms with Gasteiger partial charge in [0, 0.05) is 32.1 Å². The summed E-state index contributed by atoms with van der Waals surface area (Å²) in [6.45, 7) is 4.80. The molecule has 2 aliphatic heterocycles. The Morgan fingerprint density at radius 3 is 2.57 bits per heavy atom. The third kappa shape index (κ3) is 3.19. The fourth-order valence-electron chi connectivity index (χ4n) is 4.93. The van der Waals surface area contributed by atoms with Crippen molar-refractivity contribution in [1.29, 1.82) is 0 Å². The molecule has 1 aromatic heterocycles. The average molecular weight is 380 g/mol. The van der Waals surface area contributed by atoms with Crippen molar-refractivity contribution in [1.82, 2.24) is 15.0 Å². The zero-order valence-electron chi connectivity index (χ0n) is 16.5. The van der Waals surface area contributed by atoms with Crippen molar-refractivity contribution in [2.45, 2.75) is 57.4 Å². The number of rotatable bonds is 4. The molecule has 0 bridgehead atoms. The smallest absolute Gasteiger partial charge is 0.266 e. The van der Waals surface area contributed by atoms with Crippen molar-refractivity contribution in [2.24, 2.45) is 5.41 Å². The van der Waals surface area contributed by atoms with E-state index in [9.17, 15) is 4.79 Å². The Bertz CT molecular complexity index is 837. The van der Waals surface area contributed by atoms with Gasteiger partial charge < -0.3 is 14.3 Å². The van der Waals surface area contributed by atoms with E-state index in [4.69, 9.17) is 4.52 Å². The zero-order valence-corrected chi connectivity index (χ0v) is 16.5. The highest BCUT2D eigenvalue weighted by Crippen LogP contribution is 2.48. The standard InChI is InChI=1S/C22H28N4O2/c1-2-19-23-21(24-28-19)25-12-10-22(11-13-25)14-18(16-6-4-3-5-7-16)20(27)26(15-22)17-8-9-17/h3-7,17-18H,2,8-15H2,1H3/t18-/m1/s1. The van der Waals surface area contributed by atoms with Crippen molar-refractivity contribution in [3.8, 4) is 0 Å². The van der Waals surface area contributed by atoms with E-state index in [-0.39, 0.29) is 11.3 Å². The molecule has 1 spiro atoms. The van der Waals surface area contributed by atoms with E-state index in [1.54, 1.807) is 0 Å². The molecule has 148 valence electrons. The number of likely N-dealkylation sites (tertiary alicyclic amines) is 1. The minimum atomic E-state index is -0.000954. The van der Waals surface area contributed by atoms with Gasteiger partial charge in [0.2, 0.25) is 11.8 Å². The number of piperidine rings is 2. The number of hydrogen-bond donors (Lipinski definition) is 0. The molecule has 6 heteroatoms. The van der Waals surface area contributed by atoms with Crippen molar-refractivity contribution in [3.63, 3.8) is 0 Å². The summed E-state index contributed by atoms with van der Waals surface area (Å²) in [6, 6.07) is 10.8. The third-order valence-electron chi connectivity index (χ3n) is 6.78. The summed E-state index contributed by atoms with van der Waals surface area (Å²) >= 11 is 0. The maximum Gasteiger partial charge on any atom is 0.266 e. The molecule has 1 amide bonds. The van der Waals surface area contributed by atoms with E-state index in [1.807, 2.05) is 13.0 Å². The predicted octanol–water partition coefficient (Wildman–Crippen LogP) is 3.40. The van der Waals surface area contributed by atoms with Crippen LogP contribution in [0.1, 0.15) is 56.4 Å². The van der Waals surface area contributed by atoms with Gasteiger partial charge in [-0.1, -0.05) is 37.3 Å². The number of nitrogens with zero attached hydrogens (tertiary/aromatic N) is 4. The Hall–Kier alpha value is -2.37. The second kappa shape index (κ2) is 6.90. The SMILES string of the molecule is CCc1nc(N2CCC3(CC2)C[C@H](c2ccccc2)C(=O)N(C2CC2)C3)no1. The van der Waals surface area contributed by atoms with Gasteiger partial charge in [-0.2, -0.15) is 4.98 Å². The van der Waals surface area contributed by atoms with Crippen molar-refractivity contribution < 1.29 is 9.32 Å². The van der Waals surface area contributed by atoms with Crippen LogP contribution in [0.3, 0.4) is 0 Å². The molecule has 1 atom stereocenters. The van der Waals surface area contributed by atoms with E-state index in [1.165, 1.54) is 5.56 Å². The molecule has 2 saturated heterocycles. The molecule has 3 heterocycles. The average Bonchev–Trinajstić information content (AvgIpc) is 3.47. The van der Waals surface area contributed by atoms with Crippen LogP contribution in [0, 0.1) is 5.41 Å². The van der Waals surface area contributed by atoms with E-state index in [2.05, 4.69) is 44.2 Å². The first-order valence-electron chi connectivity index (χ1n) is 10.6. The summed E-state index contributed by atoms with van der Waals surface area (Å²) in [7, 11) is 0. The number of amides is 1. The van der Waals surface area contributed by atoms with Gasteiger partial charge in [0.05, 0.1) is 5.92 Å². The lowest BCUT2D eigenvalue weighted by Gasteiger charge is -2.50. The molecule has 0 unspecified atom stereocenters. The highest BCUT2D eigenvalue weighted by molar-refractivity contribution is 5.85. The van der Waals surface area contributed by atoms with Crippen LogP contribution in [-0.2, 0) is 11.2 Å². The summed E-state index contributed by atoms with van der Waals surface area (Å²) in [5.41, 5.74) is 1.37. The highest BCUT2D eigenvalue weighted by atomic mass is 16.5. The summed E-state index contributed by atoms with van der Waals surface area (Å²) in [4.78, 5) is 22.2. The minimum Gasteiger partial charge on any atom is -0.339 e. The van der Waals surface area contributed by atoms with Crippen molar-refractivity contribution in [3.05, 3.63) is 41.8 Å². The number of carbonyl (C=O) groups is 1. The van der Waals surface area contributed by atoms with Crippen LogP contribution in [0.2, 0.25) is 0 Å². The summed E-state index contributed by atoms with van der Waals surface area (Å²) in [5, 5.41) is 4.15. The quantitative estimate of drug-likeness (QED) is 0.814. The second-order valence-corrected chi connectivity index (χ2v) is 8.69. The van der Waals surface area contributed by atoms with Gasteiger partial charge in [-0.25, -0.2) is 0 Å². The first kappa shape index (κ1) is 17.7. The number of carbonyl (C=O) groups excluding carboxylic acids is 1. The molecule has 1 aromatic carbocycles. The molecule has 3 aliphatic rings. The van der Waals surface area contributed by atoms with E-state index >= 15 is 0 Å². The van der Waals surface area contributed by atoms with Gasteiger partial charge in [0.1, 0.15) is 0 Å². The lowest BCUT2D eigenvalue weighted by molar-refractivity contribution is -0.141. The van der Waals surface area contributed by atoms with Crippen LogP contribution in [0.15, 0.2) is 34.9 Å². The molecule has 2 aromatic rings. The number of aromatic nitrogens is 2. The topological polar surface area (TPSA) is 62.5 Å². The van der Waals surface area contributed by atoms with Gasteiger partial charge in [-0.15, -0.1) is 0 Å². The van der Waals surface area contributed by atoms with Crippen LogP contribution < -0.4 is 4.90 Å². The number of anilines is 1. The number of aryl methyl sites for hydroxylation is 1. The molecule has 0 radical (unpaired) electrons. The monoisotopic (exact) mass is 380 g/mol. The zero-order chi connectivity index (χ0) is 19.1. The number of benzene rings is 1. The molecular formula is C22H28N4O2. The first-order chi connectivity index (χ1) is 13.7. The highest BCUT2D eigenvalue weighted by Gasteiger charge is 2.49. The summed E-state index contributed by atoms with van der Waals surface area (Å²) < 4.78 is 5.29. The normalized spacial score (nSPS) is 24.8. The second-order valence-electron chi connectivity index (χ2n) is 8.69. The summed E-state index contributed by atoms with van der Waals surface area (Å²) in [5.74, 6) is 1.76. The van der Waals surface area contributed by atoms with Gasteiger partial charge in [-0.3, -0.25) is 4.79 Å². The maximum absolute atomic E-state index is 13.2. The Kier molecular flexibility index (Phi) is 4.37. The molecule has 1 aliphatic carbocycles.